The molecular formula is C24H20BrN3O6. The second-order valence-corrected chi connectivity index (χ2v) is 8.42. The van der Waals surface area contributed by atoms with E-state index in [1.165, 1.54) is 5.06 Å². The number of aliphatic imine (C=N–C) groups is 1. The quantitative estimate of drug-likeness (QED) is 0.549. The Labute approximate surface area is 203 Å². The van der Waals surface area contributed by atoms with Gasteiger partial charge in [-0.1, -0.05) is 6.07 Å². The molecule has 3 aliphatic heterocycles. The normalized spacial score (nSPS) is 17.4. The summed E-state index contributed by atoms with van der Waals surface area (Å²) >= 11 is 3.55. The topological polar surface area (TPSA) is 103 Å². The zero-order valence-corrected chi connectivity index (χ0v) is 20.0. The summed E-state index contributed by atoms with van der Waals surface area (Å²) < 4.78 is 23.3. The van der Waals surface area contributed by atoms with Gasteiger partial charge in [0.1, 0.15) is 12.4 Å². The Morgan fingerprint density at radius 1 is 1.21 bits per heavy atom. The van der Waals surface area contributed by atoms with Crippen molar-refractivity contribution >= 4 is 39.6 Å². The van der Waals surface area contributed by atoms with Crippen molar-refractivity contribution in [1.29, 1.82) is 5.41 Å². The Bertz CT molecular complexity index is 1300. The molecule has 3 aliphatic rings. The molecule has 174 valence electrons. The van der Waals surface area contributed by atoms with Crippen molar-refractivity contribution in [3.8, 4) is 23.0 Å². The summed E-state index contributed by atoms with van der Waals surface area (Å²) in [5.74, 6) is 2.68. The highest BCUT2D eigenvalue weighted by atomic mass is 79.9. The molecule has 3 heterocycles. The number of amidine groups is 2. The highest BCUT2D eigenvalue weighted by molar-refractivity contribution is 9.10. The summed E-state index contributed by atoms with van der Waals surface area (Å²) in [4.78, 5) is 22.1. The maximum absolute atomic E-state index is 12.6. The average Bonchev–Trinajstić information content (AvgIpc) is 3.42. The Morgan fingerprint density at radius 3 is 2.85 bits per heavy atom. The second-order valence-electron chi connectivity index (χ2n) is 7.56. The van der Waals surface area contributed by atoms with Crippen LogP contribution < -0.4 is 18.9 Å². The number of fused-ring (bicyclic) bond motifs is 2. The minimum atomic E-state index is -0.511. The number of halogens is 1. The Kier molecular flexibility index (Phi) is 5.74. The van der Waals surface area contributed by atoms with Crippen molar-refractivity contribution in [3.63, 3.8) is 0 Å². The molecule has 0 bridgehead atoms. The molecule has 0 spiro atoms. The molecule has 0 aromatic heterocycles. The van der Waals surface area contributed by atoms with Crippen molar-refractivity contribution in [2.45, 2.75) is 20.5 Å². The Morgan fingerprint density at radius 2 is 2.03 bits per heavy atom. The van der Waals surface area contributed by atoms with Crippen molar-refractivity contribution in [1.82, 2.24) is 5.06 Å². The van der Waals surface area contributed by atoms with E-state index < -0.39 is 5.91 Å². The van der Waals surface area contributed by atoms with Gasteiger partial charge in [0, 0.05) is 6.08 Å². The first-order chi connectivity index (χ1) is 16.4. The van der Waals surface area contributed by atoms with Crippen molar-refractivity contribution in [3.05, 3.63) is 63.3 Å². The van der Waals surface area contributed by atoms with Gasteiger partial charge in [-0.05, 0) is 71.2 Å². The summed E-state index contributed by atoms with van der Waals surface area (Å²) in [5, 5.41) is 9.62. The number of hydrogen-bond donors (Lipinski definition) is 1. The van der Waals surface area contributed by atoms with E-state index in [0.717, 1.165) is 5.56 Å². The number of carbonyl (C=O) groups is 1. The van der Waals surface area contributed by atoms with Crippen molar-refractivity contribution < 1.29 is 28.6 Å². The molecule has 0 aliphatic carbocycles. The maximum Gasteiger partial charge on any atom is 0.282 e. The largest absolute Gasteiger partial charge is 0.490 e. The van der Waals surface area contributed by atoms with Crippen LogP contribution in [0.3, 0.4) is 0 Å². The SMILES string of the molecule is CCOc1cc(/C=C2/C(=N)N3OC(C)=CC3=NC2=O)cc(Br)c1OCc1ccc2c(c1)OCO2. The maximum atomic E-state index is 12.6. The molecule has 2 aromatic rings. The first-order valence-corrected chi connectivity index (χ1v) is 11.3. The third-order valence-corrected chi connectivity index (χ3v) is 5.73. The molecule has 5 rings (SSSR count). The number of rotatable bonds is 6. The zero-order chi connectivity index (χ0) is 23.8. The number of nitrogens with zero attached hydrogens (tertiary/aromatic N) is 2. The minimum Gasteiger partial charge on any atom is -0.490 e. The number of ether oxygens (including phenoxy) is 4. The standard InChI is InChI=1S/C24H20BrN3O6/c1-3-30-20-10-15(7-16-23(26)28-21(27-24(16)29)6-13(2)34-28)8-17(25)22(20)31-11-14-4-5-18-19(9-14)33-12-32-18/h4-10,26H,3,11-12H2,1-2H3/b16-7-,26-23?. The van der Waals surface area contributed by atoms with Gasteiger partial charge < -0.3 is 23.8 Å². The summed E-state index contributed by atoms with van der Waals surface area (Å²) in [7, 11) is 0. The predicted octanol–water partition coefficient (Wildman–Crippen LogP) is 4.61. The molecular weight excluding hydrogens is 506 g/mol. The van der Waals surface area contributed by atoms with Crippen LogP contribution in [0.2, 0.25) is 0 Å². The lowest BCUT2D eigenvalue weighted by atomic mass is 10.1. The molecule has 0 saturated heterocycles. The van der Waals surface area contributed by atoms with Crippen molar-refractivity contribution in [2.24, 2.45) is 4.99 Å². The highest BCUT2D eigenvalue weighted by Crippen LogP contribution is 2.39. The monoisotopic (exact) mass is 525 g/mol. The molecule has 1 N–H and O–H groups in total. The van der Waals surface area contributed by atoms with E-state index in [-0.39, 0.29) is 24.8 Å². The Hall–Kier alpha value is -3.79. The van der Waals surface area contributed by atoms with Crippen LogP contribution in [-0.2, 0) is 16.2 Å². The van der Waals surface area contributed by atoms with E-state index in [0.29, 0.717) is 51.2 Å². The van der Waals surface area contributed by atoms with Crippen LogP contribution >= 0.6 is 15.9 Å². The number of hydroxylamine groups is 2. The second kappa shape index (κ2) is 8.86. The van der Waals surface area contributed by atoms with E-state index in [1.54, 1.807) is 31.2 Å². The van der Waals surface area contributed by atoms with Gasteiger partial charge in [0.25, 0.3) is 5.91 Å². The lowest BCUT2D eigenvalue weighted by Crippen LogP contribution is -2.38. The number of nitrogens with one attached hydrogen (secondary N) is 1. The van der Waals surface area contributed by atoms with Crippen LogP contribution in [0.4, 0.5) is 0 Å². The van der Waals surface area contributed by atoms with E-state index in [4.69, 9.17) is 29.2 Å². The van der Waals surface area contributed by atoms with E-state index >= 15 is 0 Å². The number of benzene rings is 2. The van der Waals surface area contributed by atoms with Gasteiger partial charge in [-0.3, -0.25) is 10.2 Å². The van der Waals surface area contributed by atoms with Gasteiger partial charge >= 0.3 is 0 Å². The van der Waals surface area contributed by atoms with Crippen LogP contribution in [-0.4, -0.2) is 36.0 Å². The lowest BCUT2D eigenvalue weighted by molar-refractivity contribution is -0.114. The number of hydrogen-bond acceptors (Lipinski definition) is 7. The van der Waals surface area contributed by atoms with Crippen LogP contribution in [0.15, 0.2) is 57.2 Å². The van der Waals surface area contributed by atoms with Crippen LogP contribution in [0, 0.1) is 5.41 Å². The molecule has 0 fully saturated rings. The number of allylic oxidation sites excluding steroid dienone is 1. The highest BCUT2D eigenvalue weighted by Gasteiger charge is 2.34. The van der Waals surface area contributed by atoms with Gasteiger partial charge in [-0.2, -0.15) is 4.99 Å². The lowest BCUT2D eigenvalue weighted by Gasteiger charge is -2.23. The molecule has 1 amide bonds. The van der Waals surface area contributed by atoms with E-state index in [1.807, 2.05) is 25.1 Å². The fourth-order valence-corrected chi connectivity index (χ4v) is 4.20. The summed E-state index contributed by atoms with van der Waals surface area (Å²) in [6.45, 7) is 4.52. The summed E-state index contributed by atoms with van der Waals surface area (Å²) in [6, 6.07) is 9.18. The van der Waals surface area contributed by atoms with Crippen LogP contribution in [0.25, 0.3) is 6.08 Å². The van der Waals surface area contributed by atoms with E-state index in [9.17, 15) is 4.79 Å². The van der Waals surface area contributed by atoms with Gasteiger partial charge in [0.05, 0.1) is 16.7 Å². The molecule has 10 heteroatoms. The average molecular weight is 526 g/mol. The van der Waals surface area contributed by atoms with Gasteiger partial charge in [-0.15, -0.1) is 5.06 Å². The fraction of sp³-hybridized carbons (Fsp3) is 0.208. The molecule has 0 unspecified atom stereocenters. The molecule has 9 nitrogen and oxygen atoms in total. The first-order valence-electron chi connectivity index (χ1n) is 10.5. The zero-order valence-electron chi connectivity index (χ0n) is 18.4. The third-order valence-electron chi connectivity index (χ3n) is 5.14. The molecule has 0 atom stereocenters. The minimum absolute atomic E-state index is 0.0830. The smallest absolute Gasteiger partial charge is 0.282 e. The molecule has 34 heavy (non-hydrogen) atoms. The molecule has 0 radical (unpaired) electrons. The van der Waals surface area contributed by atoms with Gasteiger partial charge in [0.2, 0.25) is 6.79 Å². The summed E-state index contributed by atoms with van der Waals surface area (Å²) in [6.07, 6.45) is 3.19. The third kappa shape index (κ3) is 4.12. The Balaban J connectivity index is 1.41. The number of carbonyl (C=O) groups excluding carboxylic acids is 1. The van der Waals surface area contributed by atoms with Gasteiger partial charge in [-0.25, -0.2) is 0 Å². The van der Waals surface area contributed by atoms with Gasteiger partial charge in [0.15, 0.2) is 34.7 Å². The molecule has 0 saturated carbocycles. The van der Waals surface area contributed by atoms with Crippen molar-refractivity contribution in [2.75, 3.05) is 13.4 Å². The molecule has 2 aromatic carbocycles. The van der Waals surface area contributed by atoms with Crippen LogP contribution in [0.1, 0.15) is 25.0 Å². The fourth-order valence-electron chi connectivity index (χ4n) is 3.63. The predicted molar refractivity (Wildman–Crippen MR) is 127 cm³/mol. The summed E-state index contributed by atoms with van der Waals surface area (Å²) in [5.41, 5.74) is 1.66. The van der Waals surface area contributed by atoms with E-state index in [2.05, 4.69) is 20.9 Å². The first kappa shape index (κ1) is 22.0. The van der Waals surface area contributed by atoms with Crippen LogP contribution in [0.5, 0.6) is 23.0 Å². The number of amides is 1.